The van der Waals surface area contributed by atoms with Crippen LogP contribution in [-0.2, 0) is 6.42 Å². The van der Waals surface area contributed by atoms with E-state index in [-0.39, 0.29) is 0 Å². The monoisotopic (exact) mass is 350 g/mol. The first-order chi connectivity index (χ1) is 12.8. The molecule has 0 radical (unpaired) electrons. The van der Waals surface area contributed by atoms with Crippen LogP contribution in [0.1, 0.15) is 56.3 Å². The van der Waals surface area contributed by atoms with E-state index in [1.165, 1.54) is 63.0 Å². The van der Waals surface area contributed by atoms with Crippen LogP contribution < -0.4 is 5.32 Å². The van der Waals surface area contributed by atoms with Crippen LogP contribution in [-0.4, -0.2) is 40.5 Å². The van der Waals surface area contributed by atoms with Crippen molar-refractivity contribution in [2.45, 2.75) is 57.5 Å². The van der Waals surface area contributed by atoms with E-state index in [9.17, 15) is 0 Å². The molecule has 1 aliphatic carbocycles. The van der Waals surface area contributed by atoms with Gasteiger partial charge in [-0.2, -0.15) is 0 Å². The zero-order valence-corrected chi connectivity index (χ0v) is 15.8. The molecule has 1 aliphatic heterocycles. The van der Waals surface area contributed by atoms with E-state index < -0.39 is 0 Å². The molecule has 26 heavy (non-hydrogen) atoms. The molecule has 0 unspecified atom stereocenters. The van der Waals surface area contributed by atoms with Crippen LogP contribution in [0.4, 0.5) is 0 Å². The van der Waals surface area contributed by atoms with Gasteiger partial charge in [0.15, 0.2) is 5.82 Å². The Morgan fingerprint density at radius 2 is 1.92 bits per heavy atom. The van der Waals surface area contributed by atoms with Crippen molar-refractivity contribution in [3.8, 4) is 11.4 Å². The summed E-state index contributed by atoms with van der Waals surface area (Å²) in [6.45, 7) is 5.98. The molecule has 138 valence electrons. The quantitative estimate of drug-likeness (QED) is 0.885. The molecule has 2 aliphatic rings. The van der Waals surface area contributed by atoms with Crippen molar-refractivity contribution < 1.29 is 0 Å². The van der Waals surface area contributed by atoms with Crippen molar-refractivity contribution in [1.29, 1.82) is 0 Å². The number of aryl methyl sites for hydroxylation is 1. The van der Waals surface area contributed by atoms with Crippen molar-refractivity contribution in [1.82, 2.24) is 20.2 Å². The molecule has 0 bridgehead atoms. The molecule has 1 fully saturated rings. The van der Waals surface area contributed by atoms with Gasteiger partial charge in [-0.15, -0.1) is 0 Å². The third-order valence-electron chi connectivity index (χ3n) is 5.78. The Morgan fingerprint density at radius 3 is 2.69 bits per heavy atom. The van der Waals surface area contributed by atoms with Gasteiger partial charge in [0.1, 0.15) is 0 Å². The summed E-state index contributed by atoms with van der Waals surface area (Å²) in [5.74, 6) is 0.859. The van der Waals surface area contributed by atoms with E-state index >= 15 is 0 Å². The van der Waals surface area contributed by atoms with E-state index in [1.807, 2.05) is 18.2 Å². The molecule has 1 aromatic heterocycles. The predicted molar refractivity (Wildman–Crippen MR) is 106 cm³/mol. The van der Waals surface area contributed by atoms with E-state index in [1.54, 1.807) is 0 Å². The number of piperidine rings is 1. The maximum Gasteiger partial charge on any atom is 0.159 e. The third kappa shape index (κ3) is 3.97. The van der Waals surface area contributed by atoms with Gasteiger partial charge in [0.05, 0.1) is 0 Å². The van der Waals surface area contributed by atoms with Gasteiger partial charge in [0.2, 0.25) is 0 Å². The second kappa shape index (κ2) is 8.28. The molecular weight excluding hydrogens is 320 g/mol. The molecule has 2 aromatic rings. The van der Waals surface area contributed by atoms with Crippen molar-refractivity contribution in [3.05, 3.63) is 47.8 Å². The van der Waals surface area contributed by atoms with E-state index in [0.29, 0.717) is 12.1 Å². The highest BCUT2D eigenvalue weighted by molar-refractivity contribution is 5.55. The lowest BCUT2D eigenvalue weighted by molar-refractivity contribution is 0.188. The first-order valence-electron chi connectivity index (χ1n) is 10.2. The smallest absolute Gasteiger partial charge is 0.159 e. The molecule has 0 spiro atoms. The van der Waals surface area contributed by atoms with Crippen LogP contribution in [0.2, 0.25) is 0 Å². The van der Waals surface area contributed by atoms with Gasteiger partial charge >= 0.3 is 0 Å². The van der Waals surface area contributed by atoms with Gasteiger partial charge in [-0.25, -0.2) is 9.97 Å². The van der Waals surface area contributed by atoms with E-state index in [4.69, 9.17) is 4.98 Å². The number of fused-ring (bicyclic) bond motifs is 1. The molecule has 1 saturated heterocycles. The molecule has 4 heteroatoms. The number of benzene rings is 1. The SMILES string of the molecule is CCCN1CCC(N[C@H]2CCCc3nc(-c4ccccc4)ncc32)CC1. The standard InChI is InChI=1S/C22H30N4/c1-2-13-26-14-11-18(12-15-26)24-20-9-6-10-21-19(20)16-23-22(25-21)17-7-4-3-5-8-17/h3-5,7-8,16,18,20,24H,2,6,9-15H2,1H3/t20-/m0/s1. The lowest BCUT2D eigenvalue weighted by Gasteiger charge is -2.36. The second-order valence-corrected chi connectivity index (χ2v) is 7.69. The average Bonchev–Trinajstić information content (AvgIpc) is 2.70. The molecule has 1 N–H and O–H groups in total. The number of hydrogen-bond acceptors (Lipinski definition) is 4. The zero-order chi connectivity index (χ0) is 17.8. The number of likely N-dealkylation sites (tertiary alicyclic amines) is 1. The molecule has 4 rings (SSSR count). The Bertz CT molecular complexity index is 707. The molecule has 0 amide bonds. The Labute approximate surface area is 157 Å². The summed E-state index contributed by atoms with van der Waals surface area (Å²) in [6, 6.07) is 11.4. The van der Waals surface area contributed by atoms with E-state index in [2.05, 4.69) is 40.5 Å². The lowest BCUT2D eigenvalue weighted by atomic mass is 9.90. The summed E-state index contributed by atoms with van der Waals surface area (Å²) in [5.41, 5.74) is 3.67. The molecule has 1 atom stereocenters. The van der Waals surface area contributed by atoms with Crippen LogP contribution in [0.25, 0.3) is 11.4 Å². The Hall–Kier alpha value is -1.78. The predicted octanol–water partition coefficient (Wildman–Crippen LogP) is 3.99. The fraction of sp³-hybridized carbons (Fsp3) is 0.545. The van der Waals surface area contributed by atoms with Crippen LogP contribution in [0.15, 0.2) is 36.5 Å². The first kappa shape index (κ1) is 17.6. The summed E-state index contributed by atoms with van der Waals surface area (Å²) in [7, 11) is 0. The largest absolute Gasteiger partial charge is 0.307 e. The summed E-state index contributed by atoms with van der Waals surface area (Å²) in [4.78, 5) is 12.2. The Balaban J connectivity index is 1.44. The minimum Gasteiger partial charge on any atom is -0.307 e. The van der Waals surface area contributed by atoms with Crippen molar-refractivity contribution >= 4 is 0 Å². The number of nitrogens with one attached hydrogen (secondary N) is 1. The fourth-order valence-electron chi connectivity index (χ4n) is 4.37. The molecule has 0 saturated carbocycles. The zero-order valence-electron chi connectivity index (χ0n) is 15.8. The summed E-state index contributed by atoms with van der Waals surface area (Å²) in [6.07, 6.45) is 9.35. The highest BCUT2D eigenvalue weighted by Crippen LogP contribution is 2.30. The van der Waals surface area contributed by atoms with Gasteiger partial charge in [-0.1, -0.05) is 37.3 Å². The lowest BCUT2D eigenvalue weighted by Crippen LogP contribution is -2.44. The summed E-state index contributed by atoms with van der Waals surface area (Å²) >= 11 is 0. The maximum atomic E-state index is 4.90. The number of aromatic nitrogens is 2. The topological polar surface area (TPSA) is 41.0 Å². The van der Waals surface area contributed by atoms with Crippen molar-refractivity contribution in [2.75, 3.05) is 19.6 Å². The minimum atomic E-state index is 0.422. The first-order valence-corrected chi connectivity index (χ1v) is 10.2. The van der Waals surface area contributed by atoms with Gasteiger partial charge in [0, 0.05) is 35.1 Å². The van der Waals surface area contributed by atoms with Crippen molar-refractivity contribution in [3.63, 3.8) is 0 Å². The van der Waals surface area contributed by atoms with Crippen molar-refractivity contribution in [2.24, 2.45) is 0 Å². The van der Waals surface area contributed by atoms with Gasteiger partial charge in [0.25, 0.3) is 0 Å². The van der Waals surface area contributed by atoms with Crippen LogP contribution in [0.5, 0.6) is 0 Å². The summed E-state index contributed by atoms with van der Waals surface area (Å²) in [5, 5.41) is 3.93. The highest BCUT2D eigenvalue weighted by Gasteiger charge is 2.26. The van der Waals surface area contributed by atoms with Gasteiger partial charge < -0.3 is 10.2 Å². The van der Waals surface area contributed by atoms with Gasteiger partial charge in [-0.05, 0) is 58.2 Å². The number of nitrogens with zero attached hydrogens (tertiary/aromatic N) is 3. The van der Waals surface area contributed by atoms with Gasteiger partial charge in [-0.3, -0.25) is 0 Å². The maximum absolute atomic E-state index is 4.90. The molecule has 1 aromatic carbocycles. The summed E-state index contributed by atoms with van der Waals surface area (Å²) < 4.78 is 0. The normalized spacial score (nSPS) is 21.5. The number of rotatable bonds is 5. The molecular formula is C22H30N4. The fourth-order valence-corrected chi connectivity index (χ4v) is 4.37. The Morgan fingerprint density at radius 1 is 1.12 bits per heavy atom. The molecule has 2 heterocycles. The minimum absolute atomic E-state index is 0.422. The van der Waals surface area contributed by atoms with Crippen LogP contribution >= 0.6 is 0 Å². The number of hydrogen-bond donors (Lipinski definition) is 1. The molecule has 4 nitrogen and oxygen atoms in total. The second-order valence-electron chi connectivity index (χ2n) is 7.69. The van der Waals surface area contributed by atoms with Crippen LogP contribution in [0.3, 0.4) is 0 Å². The van der Waals surface area contributed by atoms with Crippen LogP contribution in [0, 0.1) is 0 Å². The highest BCUT2D eigenvalue weighted by atomic mass is 15.1. The van der Waals surface area contributed by atoms with E-state index in [0.717, 1.165) is 17.8 Å². The third-order valence-corrected chi connectivity index (χ3v) is 5.78. The Kier molecular flexibility index (Phi) is 5.61. The average molecular weight is 351 g/mol.